The molecule has 2 saturated heterocycles. The quantitative estimate of drug-likeness (QED) is 0.144. The van der Waals surface area contributed by atoms with Crippen molar-refractivity contribution in [1.82, 2.24) is 30.4 Å². The number of benzene rings is 2. The monoisotopic (exact) mass is 988 g/mol. The Bertz CT molecular complexity index is 2420. The molecule has 24 heteroatoms. The van der Waals surface area contributed by atoms with Gasteiger partial charge in [0.15, 0.2) is 21.7 Å². The van der Waals surface area contributed by atoms with Crippen LogP contribution in [0.15, 0.2) is 92.1 Å². The number of halogens is 4. The lowest BCUT2D eigenvalue weighted by atomic mass is 9.95. The van der Waals surface area contributed by atoms with Crippen LogP contribution in [0, 0.1) is 11.6 Å². The van der Waals surface area contributed by atoms with Crippen LogP contribution in [0.1, 0.15) is 33.2 Å². The van der Waals surface area contributed by atoms with E-state index in [1.165, 1.54) is 61.2 Å². The molecule has 2 aromatic heterocycles. The summed E-state index contributed by atoms with van der Waals surface area (Å²) in [6.07, 6.45) is 3.23. The van der Waals surface area contributed by atoms with E-state index in [2.05, 4.69) is 30.6 Å². The normalized spacial score (nSPS) is 21.4. The van der Waals surface area contributed by atoms with Gasteiger partial charge in [-0.1, -0.05) is 35.3 Å². The molecule has 4 N–H and O–H groups in total. The number of carbonyl (C=O) groups excluding carboxylic acids is 2. The van der Waals surface area contributed by atoms with Gasteiger partial charge in [0.05, 0.1) is 51.8 Å². The lowest BCUT2D eigenvalue weighted by Gasteiger charge is -2.35. The molecule has 0 unspecified atom stereocenters. The van der Waals surface area contributed by atoms with E-state index in [1.54, 1.807) is 33.0 Å². The molecule has 348 valence electrons. The van der Waals surface area contributed by atoms with Crippen LogP contribution in [0.25, 0.3) is 0 Å². The number of methoxy groups -OCH3 is 2. The molecule has 0 saturated carbocycles. The van der Waals surface area contributed by atoms with Crippen molar-refractivity contribution in [2.24, 2.45) is 9.98 Å². The molecule has 0 aliphatic carbocycles. The number of carboxylic acids is 2. The second-order valence-corrected chi connectivity index (χ2v) is 17.2. The summed E-state index contributed by atoms with van der Waals surface area (Å²) in [5.41, 5.74) is 1.93. The third-order valence-electron chi connectivity index (χ3n) is 10.6. The molecule has 2 fully saturated rings. The summed E-state index contributed by atoms with van der Waals surface area (Å²) in [4.78, 5) is 70.6. The first-order valence-electron chi connectivity index (χ1n) is 19.9. The molecule has 18 nitrogen and oxygen atoms in total. The molecular weight excluding hydrogens is 950 g/mol. The fourth-order valence-electron chi connectivity index (χ4n) is 7.45. The number of thiazole rings is 2. The molecule has 4 atom stereocenters. The van der Waals surface area contributed by atoms with Gasteiger partial charge in [-0.2, -0.15) is 0 Å². The lowest BCUT2D eigenvalue weighted by molar-refractivity contribution is -0.150. The van der Waals surface area contributed by atoms with E-state index in [-0.39, 0.29) is 47.5 Å². The van der Waals surface area contributed by atoms with E-state index in [4.69, 9.17) is 42.1 Å². The Morgan fingerprint density at radius 1 is 0.727 bits per heavy atom. The Kier molecular flexibility index (Phi) is 15.9. The predicted molar refractivity (Wildman–Crippen MR) is 238 cm³/mol. The first-order valence-corrected chi connectivity index (χ1v) is 22.4. The van der Waals surface area contributed by atoms with E-state index in [0.717, 1.165) is 12.1 Å². The van der Waals surface area contributed by atoms with Crippen molar-refractivity contribution in [2.45, 2.75) is 24.2 Å². The summed E-state index contributed by atoms with van der Waals surface area (Å²) in [6.45, 7) is 1.63. The number of morpholine rings is 2. The number of aromatic nitrogens is 2. The van der Waals surface area contributed by atoms with Gasteiger partial charge < -0.3 is 39.8 Å². The fraction of sp³-hybridized carbons (Fsp3) is 0.333. The number of nitrogens with zero attached hydrogens (tertiary/aromatic N) is 6. The Hall–Kier alpha value is -5.72. The average Bonchev–Trinajstić information content (AvgIpc) is 4.05. The topological polar surface area (TPSA) is 227 Å². The number of ether oxygens (including phenoxy) is 4. The van der Waals surface area contributed by atoms with E-state index in [1.807, 2.05) is 0 Å². The van der Waals surface area contributed by atoms with Gasteiger partial charge in [-0.25, -0.2) is 28.3 Å². The van der Waals surface area contributed by atoms with Crippen molar-refractivity contribution in [3.63, 3.8) is 0 Å². The van der Waals surface area contributed by atoms with Gasteiger partial charge in [0, 0.05) is 81.9 Å². The summed E-state index contributed by atoms with van der Waals surface area (Å²) in [6, 6.07) is 4.09. The number of amidine groups is 2. The number of nitrogens with one attached hydrogen (secondary N) is 2. The SMILES string of the molecule is COC(=O)C1=C(CN2CCOC[C@H]2C(=O)O)NC(c2nccs2)=N[C@H]1c1ccc(F)cc1Cl.COC(=O)C1=C(CN2CCOC[C@H]2C(=O)O)NC(c2nccs2)=N[C@H]1c1ccc(F)cc1Cl. The molecule has 8 rings (SSSR count). The minimum Gasteiger partial charge on any atom is -0.480 e. The molecule has 66 heavy (non-hydrogen) atoms. The van der Waals surface area contributed by atoms with Crippen LogP contribution in [0.3, 0.4) is 0 Å². The number of aliphatic imine (C=N–C) groups is 2. The Balaban J connectivity index is 0.000000196. The van der Waals surface area contributed by atoms with Crippen LogP contribution < -0.4 is 10.6 Å². The average molecular weight is 990 g/mol. The summed E-state index contributed by atoms with van der Waals surface area (Å²) in [5, 5.41) is 30.4. The number of hydrogen-bond donors (Lipinski definition) is 4. The summed E-state index contributed by atoms with van der Waals surface area (Å²) in [7, 11) is 2.48. The van der Waals surface area contributed by atoms with Crippen molar-refractivity contribution in [2.75, 3.05) is 66.8 Å². The van der Waals surface area contributed by atoms with Gasteiger partial charge in [0.25, 0.3) is 0 Å². The standard InChI is InChI=1S/2C21H20ClFN4O5S/c2*1-31-21(30)16-14(9-27-5-6-32-10-15(27)20(28)29)25-18(19-24-4-7-33-19)26-17(16)12-3-2-11(23)8-13(12)22/h2*2-4,7-8,15,17H,5-6,9-10H2,1H3,(H,25,26)(H,28,29)/t2*15-,17-/m00/s1. The number of esters is 2. The Morgan fingerprint density at radius 2 is 1.14 bits per heavy atom. The highest BCUT2D eigenvalue weighted by molar-refractivity contribution is 7.12. The number of aliphatic carboxylic acids is 2. The second kappa shape index (κ2) is 21.7. The van der Waals surface area contributed by atoms with E-state index in [9.17, 15) is 38.2 Å². The van der Waals surface area contributed by atoms with Crippen LogP contribution in [0.4, 0.5) is 8.78 Å². The number of hydrogen-bond acceptors (Lipinski definition) is 18. The minimum absolute atomic E-state index is 0.0246. The zero-order chi connectivity index (χ0) is 47.1. The van der Waals surface area contributed by atoms with Crippen molar-refractivity contribution in [3.8, 4) is 0 Å². The van der Waals surface area contributed by atoms with Crippen molar-refractivity contribution >= 4 is 81.4 Å². The van der Waals surface area contributed by atoms with Gasteiger partial charge in [-0.15, -0.1) is 22.7 Å². The molecule has 4 aromatic rings. The lowest BCUT2D eigenvalue weighted by Crippen LogP contribution is -2.52. The molecular formula is C42H40Cl2F2N8O10S2. The fourth-order valence-corrected chi connectivity index (χ4v) is 9.17. The highest BCUT2D eigenvalue weighted by Crippen LogP contribution is 2.39. The molecule has 0 amide bonds. The van der Waals surface area contributed by atoms with Gasteiger partial charge in [0.2, 0.25) is 0 Å². The van der Waals surface area contributed by atoms with E-state index in [0.29, 0.717) is 70.5 Å². The van der Waals surface area contributed by atoms with Gasteiger partial charge in [0.1, 0.15) is 35.8 Å². The highest BCUT2D eigenvalue weighted by Gasteiger charge is 2.39. The van der Waals surface area contributed by atoms with Crippen LogP contribution in [-0.2, 0) is 38.1 Å². The first-order chi connectivity index (χ1) is 31.8. The Morgan fingerprint density at radius 3 is 1.47 bits per heavy atom. The number of carbonyl (C=O) groups is 4. The predicted octanol–water partition coefficient (Wildman–Crippen LogP) is 4.48. The molecule has 2 aromatic carbocycles. The third kappa shape index (κ3) is 10.9. The van der Waals surface area contributed by atoms with Crippen molar-refractivity contribution < 1.29 is 57.1 Å². The van der Waals surface area contributed by atoms with Crippen LogP contribution >= 0.6 is 45.9 Å². The van der Waals surface area contributed by atoms with Crippen LogP contribution in [0.2, 0.25) is 10.0 Å². The Labute approximate surface area is 393 Å². The van der Waals surface area contributed by atoms with Crippen LogP contribution in [-0.4, -0.2) is 144 Å². The largest absolute Gasteiger partial charge is 0.480 e. The minimum atomic E-state index is -1.03. The molecule has 4 aliphatic heterocycles. The molecule has 0 bridgehead atoms. The van der Waals surface area contributed by atoms with Gasteiger partial charge >= 0.3 is 23.9 Å². The molecule has 6 heterocycles. The third-order valence-corrected chi connectivity index (χ3v) is 12.8. The molecule has 0 spiro atoms. The van der Waals surface area contributed by atoms with Crippen LogP contribution in [0.5, 0.6) is 0 Å². The first kappa shape index (κ1) is 48.2. The zero-order valence-corrected chi connectivity index (χ0v) is 38.1. The van der Waals surface area contributed by atoms with Crippen molar-refractivity contribution in [3.05, 3.63) is 125 Å². The van der Waals surface area contributed by atoms with Gasteiger partial charge in [-0.3, -0.25) is 29.4 Å². The van der Waals surface area contributed by atoms with Gasteiger partial charge in [-0.05, 0) is 24.3 Å². The maximum atomic E-state index is 13.7. The number of rotatable bonds is 12. The van der Waals surface area contributed by atoms with E-state index >= 15 is 0 Å². The maximum absolute atomic E-state index is 13.7. The molecule has 0 radical (unpaired) electrons. The maximum Gasteiger partial charge on any atom is 0.338 e. The molecule has 4 aliphatic rings. The number of carboxylic acid groups (broad SMARTS) is 2. The summed E-state index contributed by atoms with van der Waals surface area (Å²) >= 11 is 15.3. The smallest absolute Gasteiger partial charge is 0.338 e. The summed E-state index contributed by atoms with van der Waals surface area (Å²) in [5.74, 6) is -3.66. The van der Waals surface area contributed by atoms with E-state index < -0.39 is 59.7 Å². The zero-order valence-electron chi connectivity index (χ0n) is 34.9. The highest BCUT2D eigenvalue weighted by atomic mass is 35.5. The van der Waals surface area contributed by atoms with Crippen molar-refractivity contribution in [1.29, 1.82) is 0 Å². The second-order valence-electron chi connectivity index (χ2n) is 14.6. The summed E-state index contributed by atoms with van der Waals surface area (Å²) < 4.78 is 48.1.